The molecule has 0 heterocycles. The van der Waals surface area contributed by atoms with E-state index in [0.717, 1.165) is 14.2 Å². The van der Waals surface area contributed by atoms with Gasteiger partial charge in [-0.1, -0.05) is 54.1 Å². The predicted molar refractivity (Wildman–Crippen MR) is 114 cm³/mol. The number of hydrogen-bond donors (Lipinski definition) is 1. The van der Waals surface area contributed by atoms with Crippen LogP contribution >= 0.6 is 11.6 Å². The van der Waals surface area contributed by atoms with Gasteiger partial charge in [0, 0.05) is 10.9 Å². The van der Waals surface area contributed by atoms with Gasteiger partial charge in [-0.25, -0.2) is 4.79 Å². The molecule has 32 heavy (non-hydrogen) atoms. The van der Waals surface area contributed by atoms with E-state index in [1.807, 2.05) is 0 Å². The van der Waals surface area contributed by atoms with Crippen LogP contribution in [0, 0.1) is 34.0 Å². The highest BCUT2D eigenvalue weighted by molar-refractivity contribution is 6.30. The topological polar surface area (TPSA) is 120 Å². The average Bonchev–Trinajstić information content (AvgIpc) is 2.83. The molecule has 1 aliphatic rings. The third-order valence-corrected chi connectivity index (χ3v) is 5.98. The third kappa shape index (κ3) is 3.57. The summed E-state index contributed by atoms with van der Waals surface area (Å²) in [4.78, 5) is 25.6. The molecule has 1 aliphatic carbocycles. The lowest BCUT2D eigenvalue weighted by Crippen LogP contribution is -2.47. The second-order valence-electron chi connectivity index (χ2n) is 7.26. The molecule has 0 bridgehead atoms. The molecule has 8 heteroatoms. The minimum absolute atomic E-state index is 0.331. The Labute approximate surface area is 190 Å². The van der Waals surface area contributed by atoms with E-state index in [1.165, 1.54) is 0 Å². The molecule has 1 N–H and O–H groups in total. The van der Waals surface area contributed by atoms with Gasteiger partial charge in [-0.2, -0.15) is 10.5 Å². The van der Waals surface area contributed by atoms with E-state index >= 15 is 0 Å². The van der Waals surface area contributed by atoms with Crippen LogP contribution in [0.3, 0.4) is 0 Å². The van der Waals surface area contributed by atoms with Crippen molar-refractivity contribution < 1.29 is 24.2 Å². The van der Waals surface area contributed by atoms with Crippen molar-refractivity contribution in [3.8, 4) is 12.1 Å². The van der Waals surface area contributed by atoms with Crippen LogP contribution < -0.4 is 0 Å². The summed E-state index contributed by atoms with van der Waals surface area (Å²) in [7, 11) is 2.24. The van der Waals surface area contributed by atoms with Gasteiger partial charge in [0.2, 0.25) is 0 Å². The van der Waals surface area contributed by atoms with Crippen molar-refractivity contribution in [2.45, 2.75) is 11.8 Å². The van der Waals surface area contributed by atoms with Crippen LogP contribution in [0.5, 0.6) is 0 Å². The second-order valence-corrected chi connectivity index (χ2v) is 7.69. The molecule has 7 nitrogen and oxygen atoms in total. The van der Waals surface area contributed by atoms with Gasteiger partial charge >= 0.3 is 11.9 Å². The number of benzene rings is 2. The molecule has 0 unspecified atom stereocenters. The number of esters is 2. The zero-order chi connectivity index (χ0) is 23.5. The summed E-state index contributed by atoms with van der Waals surface area (Å²) in [6.07, 6.45) is 0. The van der Waals surface area contributed by atoms with E-state index in [0.29, 0.717) is 16.1 Å². The van der Waals surface area contributed by atoms with E-state index in [9.17, 15) is 25.2 Å². The number of hydrogen-bond acceptors (Lipinski definition) is 7. The Morgan fingerprint density at radius 2 is 1.56 bits per heavy atom. The van der Waals surface area contributed by atoms with Crippen molar-refractivity contribution in [2.24, 2.45) is 11.3 Å². The zero-order valence-corrected chi connectivity index (χ0v) is 18.0. The average molecular weight is 451 g/mol. The number of methoxy groups -OCH3 is 2. The smallest absolute Gasteiger partial charge is 0.337 e. The Bertz CT molecular complexity index is 1130. The molecule has 0 radical (unpaired) electrons. The summed E-state index contributed by atoms with van der Waals surface area (Å²) < 4.78 is 9.76. The largest absolute Gasteiger partial charge is 0.511 e. The Kier molecular flexibility index (Phi) is 6.53. The summed E-state index contributed by atoms with van der Waals surface area (Å²) in [6.45, 7) is 0. The Morgan fingerprint density at radius 1 is 0.969 bits per heavy atom. The molecular weight excluding hydrogens is 432 g/mol. The van der Waals surface area contributed by atoms with Gasteiger partial charge in [0.25, 0.3) is 0 Å². The van der Waals surface area contributed by atoms with Gasteiger partial charge < -0.3 is 14.6 Å². The molecule has 0 saturated carbocycles. The number of halogens is 1. The van der Waals surface area contributed by atoms with Gasteiger partial charge in [0.15, 0.2) is 5.41 Å². The lowest BCUT2D eigenvalue weighted by Gasteiger charge is -2.44. The van der Waals surface area contributed by atoms with Gasteiger partial charge in [0.1, 0.15) is 11.7 Å². The summed E-state index contributed by atoms with van der Waals surface area (Å²) in [5.74, 6) is -6.30. The van der Waals surface area contributed by atoms with E-state index < -0.39 is 40.9 Å². The van der Waals surface area contributed by atoms with Gasteiger partial charge in [-0.3, -0.25) is 4.79 Å². The van der Waals surface area contributed by atoms with Crippen LogP contribution in [0.1, 0.15) is 23.0 Å². The summed E-state index contributed by atoms with van der Waals surface area (Å²) in [5, 5.41) is 32.4. The number of carbonyl (C=O) groups is 2. The first kappa shape index (κ1) is 22.9. The first-order chi connectivity index (χ1) is 15.4. The van der Waals surface area contributed by atoms with E-state index in [-0.39, 0.29) is 5.57 Å². The number of nitrogens with zero attached hydrogens (tertiary/aromatic N) is 2. The molecule has 2 aromatic rings. The highest BCUT2D eigenvalue weighted by Crippen LogP contribution is 2.58. The lowest BCUT2D eigenvalue weighted by atomic mass is 9.54. The maximum atomic E-state index is 12.8. The molecule has 0 aliphatic heterocycles. The SMILES string of the molecule is COC(=O)C1=C(O)[C@H](C(=O)OC)[C@@H](c2ccc(Cl)cc2)C(C#N)(C#N)[C@H]1c1ccccc1. The summed E-state index contributed by atoms with van der Waals surface area (Å²) in [5.41, 5.74) is -1.46. The van der Waals surface area contributed by atoms with Gasteiger partial charge in [-0.15, -0.1) is 0 Å². The first-order valence-electron chi connectivity index (χ1n) is 9.58. The highest BCUT2D eigenvalue weighted by Gasteiger charge is 2.61. The third-order valence-electron chi connectivity index (χ3n) is 5.73. The maximum absolute atomic E-state index is 12.8. The number of ether oxygens (including phenoxy) is 2. The monoisotopic (exact) mass is 450 g/mol. The Balaban J connectivity index is 2.47. The van der Waals surface area contributed by atoms with Crippen molar-refractivity contribution in [3.05, 3.63) is 82.1 Å². The van der Waals surface area contributed by atoms with Gasteiger partial charge in [-0.05, 0) is 23.3 Å². The number of aliphatic hydroxyl groups excluding tert-OH is 1. The number of rotatable bonds is 4. The minimum Gasteiger partial charge on any atom is -0.511 e. The quantitative estimate of drug-likeness (QED) is 0.698. The Morgan fingerprint density at radius 3 is 2.06 bits per heavy atom. The fraction of sp³-hybridized carbons (Fsp3) is 0.250. The lowest BCUT2D eigenvalue weighted by molar-refractivity contribution is -0.147. The zero-order valence-electron chi connectivity index (χ0n) is 17.3. The summed E-state index contributed by atoms with van der Waals surface area (Å²) >= 11 is 6.01. The van der Waals surface area contributed by atoms with Crippen LogP contribution in [0.15, 0.2) is 65.9 Å². The van der Waals surface area contributed by atoms with Gasteiger partial charge in [0.05, 0.1) is 37.8 Å². The highest BCUT2D eigenvalue weighted by atomic mass is 35.5. The van der Waals surface area contributed by atoms with Crippen molar-refractivity contribution in [3.63, 3.8) is 0 Å². The predicted octanol–water partition coefficient (Wildman–Crippen LogP) is 4.03. The van der Waals surface area contributed by atoms with Crippen molar-refractivity contribution in [1.29, 1.82) is 10.5 Å². The fourth-order valence-corrected chi connectivity index (χ4v) is 4.47. The number of nitriles is 2. The van der Waals surface area contributed by atoms with E-state index in [4.69, 9.17) is 21.1 Å². The normalized spacial score (nSPS) is 21.7. The van der Waals surface area contributed by atoms with E-state index in [1.54, 1.807) is 54.6 Å². The standard InChI is InChI=1S/C24H19ClN2O5/c1-31-22(29)17-19(14-6-4-3-5-7-14)24(12-26,13-27)20(15-8-10-16(25)11-9-15)18(21(17)28)23(30)32-2/h3-11,18-20,28H,1-2H3/t18-,19+,20-/m1/s1. The van der Waals surface area contributed by atoms with Crippen LogP contribution in [0.25, 0.3) is 0 Å². The molecule has 0 amide bonds. The maximum Gasteiger partial charge on any atom is 0.337 e. The van der Waals surface area contributed by atoms with Crippen molar-refractivity contribution >= 4 is 23.5 Å². The van der Waals surface area contributed by atoms with Crippen molar-refractivity contribution in [2.75, 3.05) is 14.2 Å². The molecule has 162 valence electrons. The fourth-order valence-electron chi connectivity index (χ4n) is 4.34. The second kappa shape index (κ2) is 9.13. The molecule has 0 aromatic heterocycles. The molecule has 3 rings (SSSR count). The van der Waals surface area contributed by atoms with Crippen LogP contribution in [-0.2, 0) is 19.1 Å². The molecule has 2 aromatic carbocycles. The molecular formula is C24H19ClN2O5. The molecule has 3 atom stereocenters. The molecule has 0 fully saturated rings. The minimum atomic E-state index is -1.97. The van der Waals surface area contributed by atoms with Crippen LogP contribution in [0.4, 0.5) is 0 Å². The molecule has 0 spiro atoms. The van der Waals surface area contributed by atoms with Crippen LogP contribution in [-0.4, -0.2) is 31.3 Å². The Hall–Kier alpha value is -3.81. The van der Waals surface area contributed by atoms with E-state index in [2.05, 4.69) is 12.1 Å². The molecule has 0 saturated heterocycles. The summed E-state index contributed by atoms with van der Waals surface area (Å²) in [6, 6.07) is 18.8. The van der Waals surface area contributed by atoms with Crippen molar-refractivity contribution in [1.82, 2.24) is 0 Å². The first-order valence-corrected chi connectivity index (χ1v) is 9.96. The number of aliphatic hydroxyl groups is 1. The number of carbonyl (C=O) groups excluding carboxylic acids is 2. The van der Waals surface area contributed by atoms with Crippen LogP contribution in [0.2, 0.25) is 5.02 Å².